The monoisotopic (exact) mass is 207 g/mol. The van der Waals surface area contributed by atoms with E-state index in [1.165, 1.54) is 4.90 Å². The number of pyridine rings is 1. The summed E-state index contributed by atoms with van der Waals surface area (Å²) in [6.45, 7) is 1.77. The van der Waals surface area contributed by atoms with E-state index < -0.39 is 0 Å². The number of carbonyl (C=O) groups is 2. The topological polar surface area (TPSA) is 62.3 Å². The number of rotatable bonds is 3. The van der Waals surface area contributed by atoms with Crippen LogP contribution in [0.25, 0.3) is 0 Å². The molecule has 1 heterocycles. The molecule has 0 saturated carbocycles. The fourth-order valence-electron chi connectivity index (χ4n) is 1.18. The van der Waals surface area contributed by atoms with Gasteiger partial charge < -0.3 is 10.2 Å². The van der Waals surface area contributed by atoms with Gasteiger partial charge in [0.2, 0.25) is 6.41 Å². The van der Waals surface area contributed by atoms with Crippen LogP contribution in [0.2, 0.25) is 0 Å². The Bertz CT molecular complexity index is 388. The lowest BCUT2D eigenvalue weighted by molar-refractivity contribution is -0.105. The fourth-order valence-corrected chi connectivity index (χ4v) is 1.18. The molecule has 0 aliphatic rings. The quantitative estimate of drug-likeness (QED) is 0.740. The molecule has 0 atom stereocenters. The maximum atomic E-state index is 11.6. The Labute approximate surface area is 88.1 Å². The van der Waals surface area contributed by atoms with E-state index in [-0.39, 0.29) is 5.91 Å². The summed E-state index contributed by atoms with van der Waals surface area (Å²) in [6.07, 6.45) is 0.533. The van der Waals surface area contributed by atoms with Crippen molar-refractivity contribution in [2.24, 2.45) is 0 Å². The molecular formula is C10H13N3O2. The fraction of sp³-hybridized carbons (Fsp3) is 0.300. The van der Waals surface area contributed by atoms with Crippen LogP contribution in [0.4, 0.5) is 5.82 Å². The van der Waals surface area contributed by atoms with Crippen molar-refractivity contribution >= 4 is 18.1 Å². The van der Waals surface area contributed by atoms with E-state index in [1.54, 1.807) is 33.2 Å². The van der Waals surface area contributed by atoms with Gasteiger partial charge in [0.15, 0.2) is 0 Å². The van der Waals surface area contributed by atoms with Crippen LogP contribution in [0.15, 0.2) is 12.1 Å². The van der Waals surface area contributed by atoms with Crippen LogP contribution < -0.4 is 5.32 Å². The van der Waals surface area contributed by atoms with Crippen molar-refractivity contribution in [2.45, 2.75) is 6.92 Å². The Morgan fingerprint density at radius 1 is 1.47 bits per heavy atom. The van der Waals surface area contributed by atoms with Crippen LogP contribution in [0.5, 0.6) is 0 Å². The lowest BCUT2D eigenvalue weighted by Gasteiger charge is -2.11. The van der Waals surface area contributed by atoms with Gasteiger partial charge in [0, 0.05) is 25.4 Å². The number of nitrogens with one attached hydrogen (secondary N) is 1. The Balaban J connectivity index is 3.08. The van der Waals surface area contributed by atoms with E-state index in [2.05, 4.69) is 10.3 Å². The predicted octanol–water partition coefficient (Wildman–Crippen LogP) is 0.660. The Morgan fingerprint density at radius 2 is 2.13 bits per heavy atom. The molecule has 5 nitrogen and oxygen atoms in total. The predicted molar refractivity (Wildman–Crippen MR) is 56.7 cm³/mol. The zero-order chi connectivity index (χ0) is 11.4. The van der Waals surface area contributed by atoms with Gasteiger partial charge in [-0.2, -0.15) is 0 Å². The summed E-state index contributed by atoms with van der Waals surface area (Å²) in [7, 11) is 3.34. The van der Waals surface area contributed by atoms with Crippen LogP contribution in [0.1, 0.15) is 16.1 Å². The summed E-state index contributed by atoms with van der Waals surface area (Å²) in [5, 5.41) is 2.42. The van der Waals surface area contributed by atoms with Gasteiger partial charge in [0.25, 0.3) is 5.91 Å². The average Bonchev–Trinajstić information content (AvgIpc) is 2.16. The Morgan fingerprint density at radius 3 is 2.67 bits per heavy atom. The molecule has 1 rings (SSSR count). The lowest BCUT2D eigenvalue weighted by atomic mass is 10.2. The number of amides is 2. The van der Waals surface area contributed by atoms with Crippen molar-refractivity contribution in [2.75, 3.05) is 19.4 Å². The smallest absolute Gasteiger partial charge is 0.253 e. The highest BCUT2D eigenvalue weighted by atomic mass is 16.2. The van der Waals surface area contributed by atoms with Gasteiger partial charge in [-0.25, -0.2) is 4.98 Å². The molecule has 15 heavy (non-hydrogen) atoms. The molecule has 5 heteroatoms. The van der Waals surface area contributed by atoms with Gasteiger partial charge in [0.05, 0.1) is 0 Å². The number of aromatic nitrogens is 1. The molecule has 1 aromatic heterocycles. The van der Waals surface area contributed by atoms with E-state index in [4.69, 9.17) is 0 Å². The van der Waals surface area contributed by atoms with Crippen molar-refractivity contribution in [3.05, 3.63) is 23.4 Å². The second-order valence-corrected chi connectivity index (χ2v) is 3.34. The molecule has 0 fully saturated rings. The molecule has 80 valence electrons. The Hall–Kier alpha value is -1.91. The standard InChI is InChI=1S/C10H13N3O2/c1-7-4-8(10(15)13(2)3)5-9(12-7)11-6-14/h4-6H,1-3H3,(H,11,12,14). The highest BCUT2D eigenvalue weighted by Gasteiger charge is 2.09. The summed E-state index contributed by atoms with van der Waals surface area (Å²) in [6, 6.07) is 3.22. The first kappa shape index (κ1) is 11.2. The van der Waals surface area contributed by atoms with Gasteiger partial charge >= 0.3 is 0 Å². The Kier molecular flexibility index (Phi) is 3.38. The molecule has 0 saturated heterocycles. The molecule has 1 N–H and O–H groups in total. The summed E-state index contributed by atoms with van der Waals surface area (Å²) < 4.78 is 0. The minimum atomic E-state index is -0.116. The molecular weight excluding hydrogens is 194 g/mol. The van der Waals surface area contributed by atoms with Crippen LogP contribution in [0, 0.1) is 6.92 Å². The second kappa shape index (κ2) is 4.54. The molecule has 2 amide bonds. The largest absolute Gasteiger partial charge is 0.345 e. The van der Waals surface area contributed by atoms with Crippen LogP contribution >= 0.6 is 0 Å². The van der Waals surface area contributed by atoms with Gasteiger partial charge in [-0.15, -0.1) is 0 Å². The van der Waals surface area contributed by atoms with E-state index in [1.807, 2.05) is 0 Å². The van der Waals surface area contributed by atoms with E-state index in [0.717, 1.165) is 0 Å². The van der Waals surface area contributed by atoms with E-state index in [9.17, 15) is 9.59 Å². The number of hydrogen-bond donors (Lipinski definition) is 1. The number of carbonyl (C=O) groups excluding carboxylic acids is 2. The van der Waals surface area contributed by atoms with Gasteiger partial charge in [-0.05, 0) is 19.1 Å². The number of hydrogen-bond acceptors (Lipinski definition) is 3. The third kappa shape index (κ3) is 2.77. The van der Waals surface area contributed by atoms with Gasteiger partial charge in [0.1, 0.15) is 5.82 Å². The maximum Gasteiger partial charge on any atom is 0.253 e. The summed E-state index contributed by atoms with van der Waals surface area (Å²) in [5.41, 5.74) is 1.20. The normalized spacial score (nSPS) is 9.53. The molecule has 0 aromatic carbocycles. The zero-order valence-corrected chi connectivity index (χ0v) is 8.94. The van der Waals surface area contributed by atoms with E-state index in [0.29, 0.717) is 23.5 Å². The molecule has 0 aliphatic carbocycles. The molecule has 1 aromatic rings. The molecule has 0 bridgehead atoms. The summed E-state index contributed by atoms with van der Waals surface area (Å²) in [5.74, 6) is 0.268. The molecule has 0 aliphatic heterocycles. The first-order chi connectivity index (χ1) is 7.04. The van der Waals surface area contributed by atoms with Crippen LogP contribution in [0.3, 0.4) is 0 Å². The first-order valence-corrected chi connectivity index (χ1v) is 4.45. The zero-order valence-electron chi connectivity index (χ0n) is 8.94. The lowest BCUT2D eigenvalue weighted by Crippen LogP contribution is -2.22. The SMILES string of the molecule is Cc1cc(C(=O)N(C)C)cc(NC=O)n1. The highest BCUT2D eigenvalue weighted by Crippen LogP contribution is 2.10. The summed E-state index contributed by atoms with van der Waals surface area (Å²) in [4.78, 5) is 27.4. The van der Waals surface area contributed by atoms with Crippen molar-refractivity contribution in [3.8, 4) is 0 Å². The van der Waals surface area contributed by atoms with Crippen LogP contribution in [-0.2, 0) is 4.79 Å². The minimum absolute atomic E-state index is 0.116. The first-order valence-electron chi connectivity index (χ1n) is 4.45. The van der Waals surface area contributed by atoms with Crippen molar-refractivity contribution in [1.82, 2.24) is 9.88 Å². The third-order valence-corrected chi connectivity index (χ3v) is 1.81. The van der Waals surface area contributed by atoms with Crippen molar-refractivity contribution < 1.29 is 9.59 Å². The van der Waals surface area contributed by atoms with Gasteiger partial charge in [-0.1, -0.05) is 0 Å². The number of aryl methyl sites for hydroxylation is 1. The van der Waals surface area contributed by atoms with Crippen molar-refractivity contribution in [3.63, 3.8) is 0 Å². The van der Waals surface area contributed by atoms with Gasteiger partial charge in [-0.3, -0.25) is 9.59 Å². The average molecular weight is 207 g/mol. The second-order valence-electron chi connectivity index (χ2n) is 3.34. The number of nitrogens with zero attached hydrogens (tertiary/aromatic N) is 2. The maximum absolute atomic E-state index is 11.6. The third-order valence-electron chi connectivity index (χ3n) is 1.81. The summed E-state index contributed by atoms with van der Waals surface area (Å²) >= 11 is 0. The molecule has 0 radical (unpaired) electrons. The molecule has 0 unspecified atom stereocenters. The van der Waals surface area contributed by atoms with Crippen molar-refractivity contribution in [1.29, 1.82) is 0 Å². The van der Waals surface area contributed by atoms with Crippen LogP contribution in [-0.4, -0.2) is 36.3 Å². The van der Waals surface area contributed by atoms with E-state index >= 15 is 0 Å². The molecule has 0 spiro atoms. The highest BCUT2D eigenvalue weighted by molar-refractivity contribution is 5.95. The minimum Gasteiger partial charge on any atom is -0.345 e. The number of anilines is 1.